The Hall–Kier alpha value is -2.85. The van der Waals surface area contributed by atoms with E-state index >= 15 is 0 Å². The van der Waals surface area contributed by atoms with Gasteiger partial charge in [0.05, 0.1) is 12.8 Å². The van der Waals surface area contributed by atoms with E-state index < -0.39 is 17.8 Å². The number of methoxy groups -OCH3 is 1. The second-order valence-electron chi connectivity index (χ2n) is 6.46. The molecular weight excluding hydrogens is 437 g/mol. The van der Waals surface area contributed by atoms with Crippen molar-refractivity contribution < 1.29 is 27.4 Å². The first-order valence-electron chi connectivity index (χ1n) is 9.43. The molecule has 0 aliphatic heterocycles. The summed E-state index contributed by atoms with van der Waals surface area (Å²) in [6.07, 6.45) is -4.22. The molecule has 11 heteroatoms. The number of carbonyl (C=O) groups is 1. The lowest BCUT2D eigenvalue weighted by atomic mass is 10.1. The third-order valence-electron chi connectivity index (χ3n) is 4.36. The summed E-state index contributed by atoms with van der Waals surface area (Å²) >= 11 is 6.23. The molecular formula is C20H20ClF3N4O3. The lowest BCUT2D eigenvalue weighted by molar-refractivity contribution is -0.142. The van der Waals surface area contributed by atoms with Crippen molar-refractivity contribution in [2.75, 3.05) is 26.9 Å². The van der Waals surface area contributed by atoms with Crippen molar-refractivity contribution in [3.05, 3.63) is 46.7 Å². The average Bonchev–Trinajstić information content (AvgIpc) is 3.08. The fourth-order valence-electron chi connectivity index (χ4n) is 2.87. The Morgan fingerprint density at radius 2 is 2.06 bits per heavy atom. The van der Waals surface area contributed by atoms with Gasteiger partial charge in [0.25, 0.3) is 5.91 Å². The highest BCUT2D eigenvalue weighted by Gasteiger charge is 2.36. The van der Waals surface area contributed by atoms with Gasteiger partial charge in [-0.1, -0.05) is 23.7 Å². The minimum Gasteiger partial charge on any atom is -0.497 e. The Morgan fingerprint density at radius 3 is 2.74 bits per heavy atom. The van der Waals surface area contributed by atoms with Gasteiger partial charge in [0, 0.05) is 25.3 Å². The zero-order valence-corrected chi connectivity index (χ0v) is 17.5. The Balaban J connectivity index is 2.03. The minimum absolute atomic E-state index is 0.0178. The molecule has 0 aliphatic rings. The van der Waals surface area contributed by atoms with Gasteiger partial charge in [-0.15, -0.1) is 0 Å². The second kappa shape index (κ2) is 9.52. The van der Waals surface area contributed by atoms with E-state index in [-0.39, 0.29) is 28.6 Å². The smallest absolute Gasteiger partial charge is 0.433 e. The van der Waals surface area contributed by atoms with Crippen molar-refractivity contribution in [3.63, 3.8) is 0 Å². The number of aromatic nitrogens is 3. The first-order chi connectivity index (χ1) is 14.8. The number of nitrogens with one attached hydrogen (secondary N) is 1. The molecule has 0 aliphatic carbocycles. The molecule has 0 bridgehead atoms. The van der Waals surface area contributed by atoms with Crippen molar-refractivity contribution >= 4 is 23.2 Å². The zero-order valence-electron chi connectivity index (χ0n) is 16.8. The molecule has 3 aromatic rings. The summed E-state index contributed by atoms with van der Waals surface area (Å²) in [7, 11) is 1.45. The van der Waals surface area contributed by atoms with Crippen LogP contribution in [0.5, 0.6) is 5.75 Å². The fourth-order valence-corrected chi connectivity index (χ4v) is 3.12. The van der Waals surface area contributed by atoms with Gasteiger partial charge in [0.2, 0.25) is 0 Å². The van der Waals surface area contributed by atoms with Gasteiger partial charge in [-0.25, -0.2) is 9.50 Å². The lowest BCUT2D eigenvalue weighted by Gasteiger charge is -2.11. The van der Waals surface area contributed by atoms with E-state index in [4.69, 9.17) is 21.1 Å². The van der Waals surface area contributed by atoms with Crippen LogP contribution in [0.15, 0.2) is 30.3 Å². The van der Waals surface area contributed by atoms with Gasteiger partial charge in [0.1, 0.15) is 10.8 Å². The molecule has 2 aromatic heterocycles. The predicted octanol–water partition coefficient (Wildman–Crippen LogP) is 4.23. The number of carbonyl (C=O) groups excluding carboxylic acids is 1. The predicted molar refractivity (Wildman–Crippen MR) is 108 cm³/mol. The Kier molecular flexibility index (Phi) is 7.01. The number of halogens is 4. The number of fused-ring (bicyclic) bond motifs is 1. The molecule has 0 spiro atoms. The van der Waals surface area contributed by atoms with Crippen LogP contribution in [0.2, 0.25) is 5.02 Å². The normalized spacial score (nSPS) is 11.7. The van der Waals surface area contributed by atoms with Crippen molar-refractivity contribution in [2.45, 2.75) is 19.5 Å². The molecule has 1 aromatic carbocycles. The molecule has 2 heterocycles. The van der Waals surface area contributed by atoms with Crippen LogP contribution in [0, 0.1) is 0 Å². The van der Waals surface area contributed by atoms with E-state index in [0.29, 0.717) is 35.5 Å². The Morgan fingerprint density at radius 1 is 1.29 bits per heavy atom. The van der Waals surface area contributed by atoms with Gasteiger partial charge in [-0.05, 0) is 31.5 Å². The number of ether oxygens (including phenoxy) is 2. The zero-order chi connectivity index (χ0) is 22.6. The summed E-state index contributed by atoms with van der Waals surface area (Å²) in [6, 6.07) is 7.29. The fraction of sp³-hybridized carbons (Fsp3) is 0.350. The van der Waals surface area contributed by atoms with Crippen LogP contribution in [0.3, 0.4) is 0 Å². The SMILES string of the molecule is CCOCCCNC(=O)c1nn2c(C(F)(F)F)cc(-c3cccc(OC)c3)nc2c1Cl. The molecule has 7 nitrogen and oxygen atoms in total. The van der Waals surface area contributed by atoms with Gasteiger partial charge >= 0.3 is 6.18 Å². The summed E-state index contributed by atoms with van der Waals surface area (Å²) in [5, 5.41) is 6.10. The standard InChI is InChI=1S/C20H20ClF3N4O3/c1-3-31-9-5-8-25-19(29)17-16(21)18-26-14(12-6-4-7-13(10-12)30-2)11-15(20(22,23)24)28(18)27-17/h4,6-7,10-11H,3,5,8-9H2,1-2H3,(H,25,29). The molecule has 0 fully saturated rings. The Labute approximate surface area is 181 Å². The quantitative estimate of drug-likeness (QED) is 0.513. The lowest BCUT2D eigenvalue weighted by Crippen LogP contribution is -2.26. The minimum atomic E-state index is -4.75. The molecule has 0 atom stereocenters. The number of hydrogen-bond donors (Lipinski definition) is 1. The second-order valence-corrected chi connectivity index (χ2v) is 6.84. The number of benzene rings is 1. The Bertz CT molecular complexity index is 1090. The first kappa shape index (κ1) is 22.8. The van der Waals surface area contributed by atoms with Crippen molar-refractivity contribution in [1.82, 2.24) is 19.9 Å². The van der Waals surface area contributed by atoms with E-state index in [0.717, 1.165) is 6.07 Å². The number of hydrogen-bond acceptors (Lipinski definition) is 5. The summed E-state index contributed by atoms with van der Waals surface area (Å²) < 4.78 is 52.1. The highest BCUT2D eigenvalue weighted by atomic mass is 35.5. The summed E-state index contributed by atoms with van der Waals surface area (Å²) in [5.74, 6) is -0.234. The first-order valence-corrected chi connectivity index (χ1v) is 9.81. The molecule has 31 heavy (non-hydrogen) atoms. The average molecular weight is 457 g/mol. The maximum atomic E-state index is 13.8. The molecule has 3 rings (SSSR count). The van der Waals surface area contributed by atoms with E-state index in [1.165, 1.54) is 7.11 Å². The van der Waals surface area contributed by atoms with Crippen LogP contribution in [-0.2, 0) is 10.9 Å². The molecule has 166 valence electrons. The van der Waals surface area contributed by atoms with Crippen LogP contribution in [-0.4, -0.2) is 47.4 Å². The number of rotatable bonds is 8. The van der Waals surface area contributed by atoms with E-state index in [1.54, 1.807) is 24.3 Å². The molecule has 0 unspecified atom stereocenters. The number of alkyl halides is 3. The molecule has 1 N–H and O–H groups in total. The third-order valence-corrected chi connectivity index (χ3v) is 4.71. The molecule has 0 saturated heterocycles. The monoisotopic (exact) mass is 456 g/mol. The van der Waals surface area contributed by atoms with E-state index in [9.17, 15) is 18.0 Å². The number of amides is 1. The summed E-state index contributed by atoms with van der Waals surface area (Å²) in [6.45, 7) is 3.10. The van der Waals surface area contributed by atoms with E-state index in [2.05, 4.69) is 15.4 Å². The van der Waals surface area contributed by atoms with Crippen LogP contribution < -0.4 is 10.1 Å². The number of nitrogens with zero attached hydrogens (tertiary/aromatic N) is 3. The molecule has 0 radical (unpaired) electrons. The van der Waals surface area contributed by atoms with Gasteiger partial charge in [0.15, 0.2) is 17.0 Å². The van der Waals surface area contributed by atoms with Crippen molar-refractivity contribution in [3.8, 4) is 17.0 Å². The van der Waals surface area contributed by atoms with Gasteiger partial charge < -0.3 is 14.8 Å². The van der Waals surface area contributed by atoms with Crippen molar-refractivity contribution in [1.29, 1.82) is 0 Å². The topological polar surface area (TPSA) is 77.8 Å². The van der Waals surface area contributed by atoms with Gasteiger partial charge in [-0.3, -0.25) is 4.79 Å². The van der Waals surface area contributed by atoms with Crippen LogP contribution in [0.1, 0.15) is 29.5 Å². The van der Waals surface area contributed by atoms with Gasteiger partial charge in [-0.2, -0.15) is 18.3 Å². The highest BCUT2D eigenvalue weighted by Crippen LogP contribution is 2.35. The highest BCUT2D eigenvalue weighted by molar-refractivity contribution is 6.36. The molecule has 1 amide bonds. The molecule has 0 saturated carbocycles. The van der Waals surface area contributed by atoms with E-state index in [1.807, 2.05) is 6.92 Å². The largest absolute Gasteiger partial charge is 0.497 e. The van der Waals surface area contributed by atoms with Crippen molar-refractivity contribution in [2.24, 2.45) is 0 Å². The van der Waals surface area contributed by atoms with Crippen LogP contribution in [0.25, 0.3) is 16.9 Å². The third kappa shape index (κ3) is 5.08. The van der Waals surface area contributed by atoms with Crippen LogP contribution in [0.4, 0.5) is 13.2 Å². The maximum absolute atomic E-state index is 13.8. The van der Waals surface area contributed by atoms with Crippen LogP contribution >= 0.6 is 11.6 Å². The summed E-state index contributed by atoms with van der Waals surface area (Å²) in [4.78, 5) is 16.7. The maximum Gasteiger partial charge on any atom is 0.433 e. The summed E-state index contributed by atoms with van der Waals surface area (Å²) in [5.41, 5.74) is -1.30.